The smallest absolute Gasteiger partial charge is 0.110 e. The number of aryl methyl sites for hydroxylation is 1. The van der Waals surface area contributed by atoms with Gasteiger partial charge in [0.25, 0.3) is 0 Å². The third-order valence-electron chi connectivity index (χ3n) is 3.83. The van der Waals surface area contributed by atoms with Crippen LogP contribution in [0.2, 0.25) is 0 Å². The van der Waals surface area contributed by atoms with Gasteiger partial charge in [-0.3, -0.25) is 0 Å². The van der Waals surface area contributed by atoms with Gasteiger partial charge >= 0.3 is 0 Å². The third kappa shape index (κ3) is 1.86. The van der Waals surface area contributed by atoms with Crippen molar-refractivity contribution in [1.29, 1.82) is 0 Å². The number of nitrogens with zero attached hydrogens (tertiary/aromatic N) is 2. The van der Waals surface area contributed by atoms with E-state index in [9.17, 15) is 0 Å². The van der Waals surface area contributed by atoms with E-state index in [4.69, 9.17) is 4.98 Å². The maximum Gasteiger partial charge on any atom is 0.110 e. The first-order chi connectivity index (χ1) is 8.40. The Morgan fingerprint density at radius 1 is 1.24 bits per heavy atom. The lowest BCUT2D eigenvalue weighted by Crippen LogP contribution is -2.09. The van der Waals surface area contributed by atoms with E-state index in [-0.39, 0.29) is 0 Å². The van der Waals surface area contributed by atoms with E-state index in [1.165, 1.54) is 49.0 Å². The van der Waals surface area contributed by atoms with Crippen LogP contribution in [0.4, 0.5) is 0 Å². The fraction of sp³-hybridized carbons (Fsp3) is 0.533. The molecule has 0 unspecified atom stereocenters. The van der Waals surface area contributed by atoms with Crippen LogP contribution in [0, 0.1) is 0 Å². The van der Waals surface area contributed by atoms with E-state index in [2.05, 4.69) is 35.8 Å². The fourth-order valence-electron chi connectivity index (χ4n) is 3.06. The van der Waals surface area contributed by atoms with Gasteiger partial charge in [-0.05, 0) is 31.4 Å². The van der Waals surface area contributed by atoms with Gasteiger partial charge in [0, 0.05) is 12.5 Å². The molecule has 1 aliphatic rings. The summed E-state index contributed by atoms with van der Waals surface area (Å²) in [4.78, 5) is 4.81. The van der Waals surface area contributed by atoms with Gasteiger partial charge in [0.05, 0.1) is 11.0 Å². The number of hydrogen-bond donors (Lipinski definition) is 0. The normalized spacial score (nSPS) is 17.0. The van der Waals surface area contributed by atoms with Crippen molar-refractivity contribution < 1.29 is 0 Å². The molecular weight excluding hydrogens is 208 g/mol. The van der Waals surface area contributed by atoms with E-state index < -0.39 is 0 Å². The number of benzene rings is 1. The van der Waals surface area contributed by atoms with Gasteiger partial charge in [-0.1, -0.05) is 31.9 Å². The minimum atomic E-state index is 0.698. The molecule has 1 aromatic carbocycles. The van der Waals surface area contributed by atoms with Gasteiger partial charge in [0.2, 0.25) is 0 Å². The van der Waals surface area contributed by atoms with Crippen LogP contribution in [0.15, 0.2) is 24.3 Å². The Morgan fingerprint density at radius 2 is 2.00 bits per heavy atom. The molecule has 2 nitrogen and oxygen atoms in total. The van der Waals surface area contributed by atoms with Gasteiger partial charge in [-0.15, -0.1) is 0 Å². The van der Waals surface area contributed by atoms with Gasteiger partial charge in [-0.25, -0.2) is 4.98 Å². The highest BCUT2D eigenvalue weighted by Crippen LogP contribution is 2.33. The lowest BCUT2D eigenvalue weighted by molar-refractivity contribution is 0.508. The summed E-state index contributed by atoms with van der Waals surface area (Å²) < 4.78 is 2.52. The highest BCUT2D eigenvalue weighted by molar-refractivity contribution is 5.76. The maximum absolute atomic E-state index is 4.81. The second kappa shape index (κ2) is 4.52. The number of hydrogen-bond acceptors (Lipinski definition) is 1. The lowest BCUT2D eigenvalue weighted by atomic mass is 10.2. The van der Waals surface area contributed by atoms with Gasteiger partial charge in [0.15, 0.2) is 0 Å². The van der Waals surface area contributed by atoms with Crippen LogP contribution in [-0.4, -0.2) is 9.55 Å². The third-order valence-corrected chi connectivity index (χ3v) is 3.83. The Kier molecular flexibility index (Phi) is 2.87. The highest BCUT2D eigenvalue weighted by Gasteiger charge is 2.21. The van der Waals surface area contributed by atoms with Crippen LogP contribution in [0.3, 0.4) is 0 Å². The largest absolute Gasteiger partial charge is 0.325 e. The molecule has 2 heteroatoms. The predicted molar refractivity (Wildman–Crippen MR) is 71.2 cm³/mol. The van der Waals surface area contributed by atoms with Crippen molar-refractivity contribution in [3.05, 3.63) is 30.1 Å². The molecule has 90 valence electrons. The molecular formula is C15H20N2. The monoisotopic (exact) mass is 228 g/mol. The molecule has 1 heterocycles. The number of aromatic nitrogens is 2. The first-order valence-electron chi connectivity index (χ1n) is 6.86. The molecule has 0 spiro atoms. The summed E-state index contributed by atoms with van der Waals surface area (Å²) in [6, 6.07) is 9.28. The predicted octanol–water partition coefficient (Wildman–Crippen LogP) is 4.10. The summed E-state index contributed by atoms with van der Waals surface area (Å²) in [5, 5.41) is 0. The zero-order chi connectivity index (χ0) is 11.7. The van der Waals surface area contributed by atoms with Crippen molar-refractivity contribution in [2.45, 2.75) is 51.5 Å². The molecule has 0 saturated heterocycles. The first kappa shape index (κ1) is 10.8. The van der Waals surface area contributed by atoms with Crippen molar-refractivity contribution in [1.82, 2.24) is 9.55 Å². The van der Waals surface area contributed by atoms with Crippen LogP contribution in [0.5, 0.6) is 0 Å². The van der Waals surface area contributed by atoms with Crippen LogP contribution in [-0.2, 0) is 6.42 Å². The minimum absolute atomic E-state index is 0.698. The molecule has 1 saturated carbocycles. The first-order valence-corrected chi connectivity index (χ1v) is 6.86. The van der Waals surface area contributed by atoms with Crippen molar-refractivity contribution >= 4 is 11.0 Å². The van der Waals surface area contributed by atoms with Crippen molar-refractivity contribution in [2.24, 2.45) is 0 Å². The van der Waals surface area contributed by atoms with Crippen LogP contribution in [0.1, 0.15) is 50.9 Å². The molecule has 0 radical (unpaired) electrons. The zero-order valence-corrected chi connectivity index (χ0v) is 10.5. The van der Waals surface area contributed by atoms with Crippen LogP contribution in [0.25, 0.3) is 11.0 Å². The molecule has 0 amide bonds. The fourth-order valence-corrected chi connectivity index (χ4v) is 3.06. The molecule has 3 rings (SSSR count). The molecule has 1 aromatic heterocycles. The van der Waals surface area contributed by atoms with E-state index in [0.717, 1.165) is 6.42 Å². The summed E-state index contributed by atoms with van der Waals surface area (Å²) in [5.41, 5.74) is 2.51. The lowest BCUT2D eigenvalue weighted by Gasteiger charge is -2.16. The number of imidazole rings is 1. The number of fused-ring (bicyclic) bond motifs is 1. The van der Waals surface area contributed by atoms with Crippen LogP contribution >= 0.6 is 0 Å². The summed E-state index contributed by atoms with van der Waals surface area (Å²) >= 11 is 0. The molecule has 1 fully saturated rings. The minimum Gasteiger partial charge on any atom is -0.325 e. The average Bonchev–Trinajstić information content (AvgIpc) is 2.94. The van der Waals surface area contributed by atoms with E-state index in [0.29, 0.717) is 6.04 Å². The van der Waals surface area contributed by atoms with E-state index >= 15 is 0 Å². The molecule has 0 aliphatic heterocycles. The molecule has 2 aromatic rings. The number of para-hydroxylation sites is 2. The Morgan fingerprint density at radius 3 is 2.76 bits per heavy atom. The second-order valence-electron chi connectivity index (χ2n) is 5.08. The van der Waals surface area contributed by atoms with Gasteiger partial charge < -0.3 is 4.57 Å². The quantitative estimate of drug-likeness (QED) is 0.773. The Balaban J connectivity index is 2.13. The molecule has 0 atom stereocenters. The molecule has 0 bridgehead atoms. The molecule has 17 heavy (non-hydrogen) atoms. The Hall–Kier alpha value is -1.31. The average molecular weight is 228 g/mol. The standard InChI is InChI=1S/C15H20N2/c1-2-7-15-16-13-10-5-6-11-14(13)17(15)12-8-3-4-9-12/h5-6,10-12H,2-4,7-9H2,1H3. The van der Waals surface area contributed by atoms with Gasteiger partial charge in [0.1, 0.15) is 5.82 Å². The molecule has 0 N–H and O–H groups in total. The SMILES string of the molecule is CCCc1nc2ccccc2n1C1CCCC1. The van der Waals surface area contributed by atoms with E-state index in [1.807, 2.05) is 0 Å². The Bertz CT molecular complexity index is 507. The van der Waals surface area contributed by atoms with E-state index in [1.54, 1.807) is 0 Å². The summed E-state index contributed by atoms with van der Waals surface area (Å²) in [6.07, 6.45) is 7.70. The molecule has 1 aliphatic carbocycles. The highest BCUT2D eigenvalue weighted by atomic mass is 15.1. The van der Waals surface area contributed by atoms with Crippen molar-refractivity contribution in [2.75, 3.05) is 0 Å². The van der Waals surface area contributed by atoms with Crippen LogP contribution < -0.4 is 0 Å². The number of rotatable bonds is 3. The summed E-state index contributed by atoms with van der Waals surface area (Å²) in [5.74, 6) is 1.29. The zero-order valence-electron chi connectivity index (χ0n) is 10.5. The second-order valence-corrected chi connectivity index (χ2v) is 5.08. The summed E-state index contributed by atoms with van der Waals surface area (Å²) in [7, 11) is 0. The summed E-state index contributed by atoms with van der Waals surface area (Å²) in [6.45, 7) is 2.23. The Labute approximate surface area is 103 Å². The van der Waals surface area contributed by atoms with Gasteiger partial charge in [-0.2, -0.15) is 0 Å². The van der Waals surface area contributed by atoms with Crippen molar-refractivity contribution in [3.63, 3.8) is 0 Å². The maximum atomic E-state index is 4.81. The topological polar surface area (TPSA) is 17.8 Å². The van der Waals surface area contributed by atoms with Crippen molar-refractivity contribution in [3.8, 4) is 0 Å².